The molecule has 9 aromatic carbocycles. The summed E-state index contributed by atoms with van der Waals surface area (Å²) in [6, 6.07) is 85.5. The van der Waals surface area contributed by atoms with Crippen molar-refractivity contribution in [1.82, 2.24) is 74.8 Å². The largest absolute Gasteiger partial charge is 0.264 e. The molecule has 0 spiro atoms. The third-order valence-corrected chi connectivity index (χ3v) is 16.4. The highest BCUT2D eigenvalue weighted by Crippen LogP contribution is 2.20. The first-order chi connectivity index (χ1) is 51.7. The molecular formula is C91H83N15. The highest BCUT2D eigenvalue weighted by Gasteiger charge is 2.00. The van der Waals surface area contributed by atoms with Gasteiger partial charge in [0, 0.05) is 115 Å². The molecule has 0 radical (unpaired) electrons. The zero-order valence-corrected chi connectivity index (χ0v) is 61.3. The van der Waals surface area contributed by atoms with Gasteiger partial charge < -0.3 is 0 Å². The fourth-order valence-corrected chi connectivity index (χ4v) is 10.9. The topological polar surface area (TPSA) is 193 Å². The van der Waals surface area contributed by atoms with Crippen LogP contribution >= 0.6 is 0 Å². The summed E-state index contributed by atoms with van der Waals surface area (Å²) in [4.78, 5) is 61.7. The molecule has 0 amide bonds. The van der Waals surface area contributed by atoms with Crippen molar-refractivity contribution >= 4 is 97.9 Å². The molecule has 0 N–H and O–H groups in total. The first-order valence-corrected chi connectivity index (χ1v) is 34.7. The van der Waals surface area contributed by atoms with Crippen LogP contribution in [0.25, 0.3) is 97.9 Å². The van der Waals surface area contributed by atoms with E-state index in [0.29, 0.717) is 0 Å². The lowest BCUT2D eigenvalue weighted by atomic mass is 10.1. The van der Waals surface area contributed by atoms with E-state index in [1.165, 1.54) is 77.8 Å². The minimum absolute atomic E-state index is 0.759. The lowest BCUT2D eigenvalue weighted by Crippen LogP contribution is -1.86. The Balaban J connectivity index is 0.000000126. The van der Waals surface area contributed by atoms with E-state index in [0.717, 1.165) is 89.5 Å². The quantitative estimate of drug-likeness (QED) is 0.139. The summed E-state index contributed by atoms with van der Waals surface area (Å²) in [5, 5.41) is 13.4. The summed E-state index contributed by atoms with van der Waals surface area (Å²) in [5.74, 6) is 1.58. The average Bonchev–Trinajstić information content (AvgIpc) is 0.832. The molecule has 106 heavy (non-hydrogen) atoms. The summed E-state index contributed by atoms with van der Waals surface area (Å²) < 4.78 is 0. The summed E-state index contributed by atoms with van der Waals surface area (Å²) in [5.41, 5.74) is 16.2. The van der Waals surface area contributed by atoms with E-state index >= 15 is 0 Å². The Bertz CT molecular complexity index is 5170. The Morgan fingerprint density at radius 1 is 0.208 bits per heavy atom. The number of pyridine rings is 6. The smallest absolute Gasteiger partial charge is 0.128 e. The molecule has 522 valence electrons. The van der Waals surface area contributed by atoms with Crippen molar-refractivity contribution in [2.45, 2.75) is 69.2 Å². The normalized spacial score (nSPS) is 10.2. The van der Waals surface area contributed by atoms with Crippen LogP contribution in [0.2, 0.25) is 0 Å². The Kier molecular flexibility index (Phi) is 27.7. The number of para-hydroxylation sites is 7. The van der Waals surface area contributed by atoms with Crippen molar-refractivity contribution < 1.29 is 0 Å². The highest BCUT2D eigenvalue weighted by atomic mass is 15.0. The van der Waals surface area contributed by atoms with Gasteiger partial charge in [-0.2, -0.15) is 0 Å². The lowest BCUT2D eigenvalue weighted by Gasteiger charge is -1.98. The van der Waals surface area contributed by atoms with Gasteiger partial charge >= 0.3 is 0 Å². The van der Waals surface area contributed by atoms with Crippen molar-refractivity contribution in [1.29, 1.82) is 0 Å². The second-order valence-electron chi connectivity index (χ2n) is 24.6. The third kappa shape index (κ3) is 22.7. The third-order valence-electron chi connectivity index (χ3n) is 16.4. The van der Waals surface area contributed by atoms with Gasteiger partial charge in [-0.15, -0.1) is 0 Å². The molecule has 10 aromatic heterocycles. The molecule has 0 aliphatic rings. The molecule has 15 heteroatoms. The molecule has 0 saturated carbocycles. The number of hydrogen-bond acceptors (Lipinski definition) is 15. The van der Waals surface area contributed by atoms with Crippen LogP contribution in [0, 0.1) is 69.2 Å². The van der Waals surface area contributed by atoms with Crippen molar-refractivity contribution in [3.05, 3.63) is 380 Å². The van der Waals surface area contributed by atoms with Crippen LogP contribution < -0.4 is 0 Å². The van der Waals surface area contributed by atoms with Crippen LogP contribution in [0.4, 0.5) is 0 Å². The Labute approximate surface area is 618 Å². The number of aromatic nitrogens is 15. The van der Waals surface area contributed by atoms with Gasteiger partial charge in [0.25, 0.3) is 0 Å². The maximum absolute atomic E-state index is 4.38. The molecule has 19 rings (SSSR count). The van der Waals surface area contributed by atoms with Gasteiger partial charge in [-0.1, -0.05) is 182 Å². The van der Waals surface area contributed by atoms with Gasteiger partial charge in [-0.3, -0.25) is 34.9 Å². The summed E-state index contributed by atoms with van der Waals surface area (Å²) in [6.45, 7) is 19.9. The maximum Gasteiger partial charge on any atom is 0.128 e. The molecule has 0 atom stereocenters. The zero-order chi connectivity index (χ0) is 74.2. The van der Waals surface area contributed by atoms with E-state index in [-0.39, 0.29) is 0 Å². The van der Waals surface area contributed by atoms with Gasteiger partial charge in [0.2, 0.25) is 0 Å². The molecule has 0 saturated heterocycles. The molecule has 0 bridgehead atoms. The zero-order valence-electron chi connectivity index (χ0n) is 61.3. The van der Waals surface area contributed by atoms with E-state index in [1.807, 2.05) is 268 Å². The van der Waals surface area contributed by atoms with E-state index < -0.39 is 0 Å². The number of aryl methyl sites for hydroxylation is 10. The number of rotatable bonds is 0. The molecule has 0 aliphatic carbocycles. The second-order valence-corrected chi connectivity index (χ2v) is 24.6. The predicted octanol–water partition coefficient (Wildman–Crippen LogP) is 21.3. The average molecular weight is 1390 g/mol. The van der Waals surface area contributed by atoms with Gasteiger partial charge in [0.15, 0.2) is 0 Å². The molecule has 19 aromatic rings. The first kappa shape index (κ1) is 75.1. The first-order valence-electron chi connectivity index (χ1n) is 34.7. The van der Waals surface area contributed by atoms with E-state index in [1.54, 1.807) is 12.5 Å². The fraction of sp³-hybridized carbons (Fsp3) is 0.110. The molecular weight excluding hydrogens is 1300 g/mol. The van der Waals surface area contributed by atoms with Crippen molar-refractivity contribution in [2.75, 3.05) is 0 Å². The van der Waals surface area contributed by atoms with Gasteiger partial charge in [0.1, 0.15) is 30.6 Å². The van der Waals surface area contributed by atoms with Crippen LogP contribution in [-0.2, 0) is 0 Å². The number of nitrogens with zero attached hydrogens (tertiary/aromatic N) is 15. The van der Waals surface area contributed by atoms with E-state index in [2.05, 4.69) is 174 Å². The van der Waals surface area contributed by atoms with Crippen LogP contribution in [0.1, 0.15) is 56.8 Å². The Morgan fingerprint density at radius 3 is 1.40 bits per heavy atom. The summed E-state index contributed by atoms with van der Waals surface area (Å²) in [7, 11) is 0. The van der Waals surface area contributed by atoms with Crippen LogP contribution in [0.15, 0.2) is 323 Å². The number of fused-ring (bicyclic) bond motifs is 9. The van der Waals surface area contributed by atoms with Crippen LogP contribution in [0.5, 0.6) is 0 Å². The number of hydrogen-bond donors (Lipinski definition) is 0. The molecule has 0 aliphatic heterocycles. The Hall–Kier alpha value is -13.5. The van der Waals surface area contributed by atoms with Crippen molar-refractivity contribution in [2.24, 2.45) is 0 Å². The molecule has 15 nitrogen and oxygen atoms in total. The SMILES string of the molecule is Cc1cc2ccccc2cn1.Cc1ccc2ccccc2n1.Cc1ccnc2ccccc12.Cc1cnc2ccccc2c1.Cc1cnc2ccccc2n1.Cc1cncc2ccccc12.Cc1ncc2ccccc2n1.Cc1nccc2ccccc12.Cc1ncnc2ccccc12.Cc1ncncn1. The second kappa shape index (κ2) is 39.0. The maximum atomic E-state index is 4.38. The Morgan fingerprint density at radius 2 is 0.726 bits per heavy atom. The van der Waals surface area contributed by atoms with Gasteiger partial charge in [-0.05, 0) is 175 Å². The fourth-order valence-electron chi connectivity index (χ4n) is 10.9. The highest BCUT2D eigenvalue weighted by molar-refractivity contribution is 5.86. The summed E-state index contributed by atoms with van der Waals surface area (Å²) in [6.07, 6.45) is 19.4. The van der Waals surface area contributed by atoms with Gasteiger partial charge in [0.05, 0.1) is 44.3 Å². The standard InChI is InChI=1S/6C10H9N.3C9H8N2.C4H5N3/c1-8-6-11-7-9-4-2-3-5-10(8)9;1-8-6-9-4-2-3-5-10(9)7-11-8;1-8-6-9-4-2-3-5-10(9)11-7-8;1-8-10-5-3-2-4-9(10)6-7-11-8;1-8-6-7-11-10-5-3-2-4-9(8)10;1-8-6-7-9-4-2-3-5-10(9)11-8;1-7-8-4-2-3-5-9(8)11-6-10-7;1-7-10-6-8-4-2-3-5-9(8)11-7;1-7-6-10-8-4-2-3-5-9(8)11-7;1-4-6-2-5-3-7-4/h6*2-7H,1H3;3*2-6H,1H3;2-3H,1H3. The van der Waals surface area contributed by atoms with Crippen LogP contribution in [-0.4, -0.2) is 74.8 Å². The molecule has 0 unspecified atom stereocenters. The van der Waals surface area contributed by atoms with E-state index in [4.69, 9.17) is 0 Å². The van der Waals surface area contributed by atoms with Crippen molar-refractivity contribution in [3.63, 3.8) is 0 Å². The van der Waals surface area contributed by atoms with Crippen molar-refractivity contribution in [3.8, 4) is 0 Å². The monoisotopic (exact) mass is 1390 g/mol. The molecule has 10 heterocycles. The summed E-state index contributed by atoms with van der Waals surface area (Å²) >= 11 is 0. The predicted molar refractivity (Wildman–Crippen MR) is 436 cm³/mol. The number of benzene rings is 9. The van der Waals surface area contributed by atoms with Crippen LogP contribution in [0.3, 0.4) is 0 Å². The van der Waals surface area contributed by atoms with Gasteiger partial charge in [-0.25, -0.2) is 39.9 Å². The minimum atomic E-state index is 0.759. The minimum Gasteiger partial charge on any atom is -0.264 e. The van der Waals surface area contributed by atoms with E-state index in [9.17, 15) is 0 Å². The molecule has 0 fully saturated rings. The lowest BCUT2D eigenvalue weighted by molar-refractivity contribution is 0.974.